The maximum atomic E-state index is 13.0. The van der Waals surface area contributed by atoms with E-state index in [2.05, 4.69) is 4.72 Å². The second-order valence-electron chi connectivity index (χ2n) is 5.05. The SMILES string of the molecule is COc1ccc([C@H](Cc2ccc(F)cc2)NS(C)(=O)=O)cc1. The fourth-order valence-electron chi connectivity index (χ4n) is 2.18. The molecule has 22 heavy (non-hydrogen) atoms. The van der Waals surface area contributed by atoms with Crippen LogP contribution in [0.4, 0.5) is 4.39 Å². The first-order chi connectivity index (χ1) is 10.4. The highest BCUT2D eigenvalue weighted by molar-refractivity contribution is 7.88. The molecule has 0 bridgehead atoms. The third-order valence-corrected chi connectivity index (χ3v) is 3.94. The summed E-state index contributed by atoms with van der Waals surface area (Å²) >= 11 is 0. The summed E-state index contributed by atoms with van der Waals surface area (Å²) in [6, 6.07) is 12.8. The first-order valence-corrected chi connectivity index (χ1v) is 8.62. The Morgan fingerprint density at radius 3 is 2.18 bits per heavy atom. The van der Waals surface area contributed by atoms with Crippen molar-refractivity contribution in [1.29, 1.82) is 0 Å². The minimum Gasteiger partial charge on any atom is -0.497 e. The molecule has 0 amide bonds. The highest BCUT2D eigenvalue weighted by Gasteiger charge is 2.17. The summed E-state index contributed by atoms with van der Waals surface area (Å²) < 4.78 is 43.9. The van der Waals surface area contributed by atoms with Gasteiger partial charge in [0.05, 0.1) is 19.4 Å². The number of ether oxygens (including phenoxy) is 1. The van der Waals surface area contributed by atoms with E-state index in [1.54, 1.807) is 31.4 Å². The molecule has 0 aromatic heterocycles. The molecule has 1 atom stereocenters. The highest BCUT2D eigenvalue weighted by atomic mass is 32.2. The fourth-order valence-corrected chi connectivity index (χ4v) is 2.91. The number of benzene rings is 2. The zero-order valence-electron chi connectivity index (χ0n) is 12.4. The van der Waals surface area contributed by atoms with Gasteiger partial charge in [-0.15, -0.1) is 0 Å². The molecule has 0 aliphatic carbocycles. The molecule has 2 aromatic carbocycles. The number of sulfonamides is 1. The first kappa shape index (κ1) is 16.5. The molecule has 6 heteroatoms. The van der Waals surface area contributed by atoms with E-state index in [4.69, 9.17) is 4.74 Å². The molecule has 4 nitrogen and oxygen atoms in total. The Bertz CT molecular complexity index is 712. The molecule has 0 fully saturated rings. The molecule has 0 unspecified atom stereocenters. The van der Waals surface area contributed by atoms with Crippen molar-refractivity contribution in [1.82, 2.24) is 4.72 Å². The van der Waals surface area contributed by atoms with Gasteiger partial charge >= 0.3 is 0 Å². The average Bonchev–Trinajstić information content (AvgIpc) is 2.48. The van der Waals surface area contributed by atoms with Gasteiger partial charge in [-0.2, -0.15) is 0 Å². The van der Waals surface area contributed by atoms with Crippen molar-refractivity contribution in [2.24, 2.45) is 0 Å². The van der Waals surface area contributed by atoms with Gasteiger partial charge in [0.25, 0.3) is 0 Å². The van der Waals surface area contributed by atoms with E-state index in [1.807, 2.05) is 12.1 Å². The van der Waals surface area contributed by atoms with Crippen molar-refractivity contribution in [2.45, 2.75) is 12.5 Å². The van der Waals surface area contributed by atoms with Gasteiger partial charge in [0.1, 0.15) is 11.6 Å². The number of methoxy groups -OCH3 is 1. The summed E-state index contributed by atoms with van der Waals surface area (Å²) in [5, 5.41) is 0. The van der Waals surface area contributed by atoms with Gasteiger partial charge in [0.15, 0.2) is 0 Å². The van der Waals surface area contributed by atoms with Gasteiger partial charge in [0, 0.05) is 0 Å². The number of hydrogen-bond donors (Lipinski definition) is 1. The third kappa shape index (κ3) is 4.82. The van der Waals surface area contributed by atoms with Crippen LogP contribution >= 0.6 is 0 Å². The molecule has 118 valence electrons. The minimum absolute atomic E-state index is 0.319. The topological polar surface area (TPSA) is 55.4 Å². The van der Waals surface area contributed by atoms with Crippen LogP contribution in [0.2, 0.25) is 0 Å². The highest BCUT2D eigenvalue weighted by Crippen LogP contribution is 2.22. The van der Waals surface area contributed by atoms with Gasteiger partial charge < -0.3 is 4.74 Å². The van der Waals surface area contributed by atoms with Crippen LogP contribution in [-0.2, 0) is 16.4 Å². The van der Waals surface area contributed by atoms with Gasteiger partial charge in [-0.1, -0.05) is 24.3 Å². The number of hydrogen-bond acceptors (Lipinski definition) is 3. The molecule has 0 heterocycles. The van der Waals surface area contributed by atoms with Crippen molar-refractivity contribution >= 4 is 10.0 Å². The second kappa shape index (κ2) is 6.89. The van der Waals surface area contributed by atoms with Gasteiger partial charge in [0.2, 0.25) is 10.0 Å². The van der Waals surface area contributed by atoms with Crippen LogP contribution in [0.5, 0.6) is 5.75 Å². The van der Waals surface area contributed by atoms with Crippen LogP contribution in [0.1, 0.15) is 17.2 Å². The third-order valence-electron chi connectivity index (χ3n) is 3.23. The van der Waals surface area contributed by atoms with Crippen molar-refractivity contribution in [3.63, 3.8) is 0 Å². The molecule has 0 saturated heterocycles. The van der Waals surface area contributed by atoms with E-state index < -0.39 is 16.1 Å². The van der Waals surface area contributed by atoms with Crippen LogP contribution < -0.4 is 9.46 Å². The van der Waals surface area contributed by atoms with Gasteiger partial charge in [-0.05, 0) is 41.8 Å². The molecule has 2 rings (SSSR count). The summed E-state index contributed by atoms with van der Waals surface area (Å²) in [7, 11) is -1.80. The van der Waals surface area contributed by atoms with Crippen LogP contribution in [0.25, 0.3) is 0 Å². The van der Waals surface area contributed by atoms with E-state index >= 15 is 0 Å². The Kier molecular flexibility index (Phi) is 5.15. The summed E-state index contributed by atoms with van der Waals surface area (Å²) in [5.41, 5.74) is 1.66. The smallest absolute Gasteiger partial charge is 0.209 e. The summed E-state index contributed by atoms with van der Waals surface area (Å²) in [5.74, 6) is 0.379. The average molecular weight is 323 g/mol. The molecular weight excluding hydrogens is 305 g/mol. The van der Waals surface area contributed by atoms with Gasteiger partial charge in [-0.25, -0.2) is 17.5 Å². The van der Waals surface area contributed by atoms with Crippen LogP contribution in [0, 0.1) is 5.82 Å². The Balaban J connectivity index is 2.26. The fraction of sp³-hybridized carbons (Fsp3) is 0.250. The Morgan fingerprint density at radius 2 is 1.68 bits per heavy atom. The zero-order chi connectivity index (χ0) is 16.2. The Labute approximate surface area is 130 Å². The summed E-state index contributed by atoms with van der Waals surface area (Å²) in [6.07, 6.45) is 1.55. The molecular formula is C16H18FNO3S. The monoisotopic (exact) mass is 323 g/mol. The maximum Gasteiger partial charge on any atom is 0.209 e. The molecule has 2 aromatic rings. The summed E-state index contributed by atoms with van der Waals surface area (Å²) in [4.78, 5) is 0. The largest absolute Gasteiger partial charge is 0.497 e. The second-order valence-corrected chi connectivity index (χ2v) is 6.83. The molecule has 1 N–H and O–H groups in total. The number of nitrogens with one attached hydrogen (secondary N) is 1. The molecule has 0 saturated carbocycles. The molecule has 0 radical (unpaired) electrons. The maximum absolute atomic E-state index is 13.0. The lowest BCUT2D eigenvalue weighted by Crippen LogP contribution is -2.28. The van der Waals surface area contributed by atoms with Crippen molar-refractivity contribution < 1.29 is 17.5 Å². The predicted octanol–water partition coefficient (Wildman–Crippen LogP) is 2.67. The lowest BCUT2D eigenvalue weighted by atomic mass is 9.99. The van der Waals surface area contributed by atoms with Crippen LogP contribution in [-0.4, -0.2) is 21.8 Å². The quantitative estimate of drug-likeness (QED) is 0.889. The molecule has 0 aliphatic rings. The first-order valence-electron chi connectivity index (χ1n) is 6.73. The number of rotatable bonds is 6. The Hall–Kier alpha value is -1.92. The summed E-state index contributed by atoms with van der Waals surface area (Å²) in [6.45, 7) is 0. The van der Waals surface area contributed by atoms with E-state index in [0.29, 0.717) is 12.2 Å². The van der Waals surface area contributed by atoms with Gasteiger partial charge in [-0.3, -0.25) is 0 Å². The van der Waals surface area contributed by atoms with Crippen LogP contribution in [0.3, 0.4) is 0 Å². The lowest BCUT2D eigenvalue weighted by molar-refractivity contribution is 0.414. The molecule has 0 aliphatic heterocycles. The van der Waals surface area contributed by atoms with Crippen molar-refractivity contribution in [3.8, 4) is 5.75 Å². The number of halogens is 1. The predicted molar refractivity (Wildman–Crippen MR) is 83.8 cm³/mol. The normalized spacial score (nSPS) is 12.9. The van der Waals surface area contributed by atoms with E-state index in [0.717, 1.165) is 17.4 Å². The van der Waals surface area contributed by atoms with Crippen molar-refractivity contribution in [2.75, 3.05) is 13.4 Å². The lowest BCUT2D eigenvalue weighted by Gasteiger charge is -2.18. The van der Waals surface area contributed by atoms with E-state index in [1.165, 1.54) is 12.1 Å². The minimum atomic E-state index is -3.37. The zero-order valence-corrected chi connectivity index (χ0v) is 13.2. The Morgan fingerprint density at radius 1 is 1.09 bits per heavy atom. The van der Waals surface area contributed by atoms with Crippen molar-refractivity contribution in [3.05, 3.63) is 65.5 Å². The van der Waals surface area contributed by atoms with E-state index in [-0.39, 0.29) is 5.82 Å². The molecule has 0 spiro atoms. The van der Waals surface area contributed by atoms with Crippen LogP contribution in [0.15, 0.2) is 48.5 Å². The van der Waals surface area contributed by atoms with E-state index in [9.17, 15) is 12.8 Å². The standard InChI is InChI=1S/C16H18FNO3S/c1-21-15-9-5-13(6-10-15)16(18-22(2,19)20)11-12-3-7-14(17)8-4-12/h3-10,16,18H,11H2,1-2H3/t16-/m0/s1.